The molecule has 0 aliphatic rings. The number of esters is 2. The number of carbonyl (C=O) groups excluding carboxylic acids is 2. The lowest BCUT2D eigenvalue weighted by molar-refractivity contribution is -0.138. The molecule has 0 bridgehead atoms. The summed E-state index contributed by atoms with van der Waals surface area (Å²) in [5.41, 5.74) is 1.32. The van der Waals surface area contributed by atoms with Crippen molar-refractivity contribution in [3.8, 4) is 5.75 Å². The SMILES string of the molecule is C=C(C)COc1ccccc1N/C(=C/C(=O)OC)C(=O)OC. The lowest BCUT2D eigenvalue weighted by atomic mass is 10.2. The predicted octanol–water partition coefficient (Wildman–Crippen LogP) is 2.28. The van der Waals surface area contributed by atoms with E-state index in [4.69, 9.17) is 4.74 Å². The van der Waals surface area contributed by atoms with Crippen LogP contribution in [0.2, 0.25) is 0 Å². The Morgan fingerprint density at radius 3 is 2.50 bits per heavy atom. The zero-order chi connectivity index (χ0) is 16.5. The number of benzene rings is 1. The molecule has 0 radical (unpaired) electrons. The molecule has 0 amide bonds. The molecule has 1 aromatic rings. The van der Waals surface area contributed by atoms with Crippen molar-refractivity contribution in [3.05, 3.63) is 48.2 Å². The van der Waals surface area contributed by atoms with Crippen LogP contribution >= 0.6 is 0 Å². The maximum absolute atomic E-state index is 11.7. The van der Waals surface area contributed by atoms with Crippen molar-refractivity contribution in [2.45, 2.75) is 6.92 Å². The molecule has 0 heterocycles. The molecular formula is C16H19NO5. The molecule has 1 rings (SSSR count). The van der Waals surface area contributed by atoms with Crippen LogP contribution < -0.4 is 10.1 Å². The van der Waals surface area contributed by atoms with Gasteiger partial charge in [-0.3, -0.25) is 0 Å². The van der Waals surface area contributed by atoms with Gasteiger partial charge in [0.1, 0.15) is 18.1 Å². The van der Waals surface area contributed by atoms with E-state index in [9.17, 15) is 9.59 Å². The molecular weight excluding hydrogens is 286 g/mol. The second-order valence-electron chi connectivity index (χ2n) is 4.44. The quantitative estimate of drug-likeness (QED) is 0.473. The third kappa shape index (κ3) is 5.32. The highest BCUT2D eigenvalue weighted by Gasteiger charge is 2.14. The van der Waals surface area contributed by atoms with Crippen LogP contribution in [0.15, 0.2) is 48.2 Å². The summed E-state index contributed by atoms with van der Waals surface area (Å²) >= 11 is 0. The number of hydrogen-bond donors (Lipinski definition) is 1. The van der Waals surface area contributed by atoms with E-state index >= 15 is 0 Å². The summed E-state index contributed by atoms with van der Waals surface area (Å²) in [4.78, 5) is 23.1. The van der Waals surface area contributed by atoms with Crippen LogP contribution in [-0.4, -0.2) is 32.8 Å². The van der Waals surface area contributed by atoms with Gasteiger partial charge in [0.25, 0.3) is 0 Å². The van der Waals surface area contributed by atoms with Gasteiger partial charge in [0.2, 0.25) is 0 Å². The Kier molecular flexibility index (Phi) is 6.69. The smallest absolute Gasteiger partial charge is 0.354 e. The van der Waals surface area contributed by atoms with Crippen molar-refractivity contribution < 1.29 is 23.8 Å². The molecule has 0 spiro atoms. The molecule has 6 nitrogen and oxygen atoms in total. The Morgan fingerprint density at radius 2 is 1.91 bits per heavy atom. The Labute approximate surface area is 129 Å². The highest BCUT2D eigenvalue weighted by molar-refractivity contribution is 5.99. The minimum Gasteiger partial charge on any atom is -0.487 e. The number of para-hydroxylation sites is 2. The number of nitrogens with one attached hydrogen (secondary N) is 1. The van der Waals surface area contributed by atoms with Crippen molar-refractivity contribution in [3.63, 3.8) is 0 Å². The van der Waals surface area contributed by atoms with E-state index in [2.05, 4.69) is 21.4 Å². The number of ether oxygens (including phenoxy) is 3. The largest absolute Gasteiger partial charge is 0.487 e. The average molecular weight is 305 g/mol. The van der Waals surface area contributed by atoms with Gasteiger partial charge in [-0.1, -0.05) is 18.7 Å². The van der Waals surface area contributed by atoms with Gasteiger partial charge >= 0.3 is 11.9 Å². The Hall–Kier alpha value is -2.76. The Bertz CT molecular complexity index is 592. The van der Waals surface area contributed by atoms with Gasteiger partial charge in [0.05, 0.1) is 26.0 Å². The minimum atomic E-state index is -0.694. The summed E-state index contributed by atoms with van der Waals surface area (Å²) in [6, 6.07) is 7.00. The Balaban J connectivity index is 3.03. The maximum Gasteiger partial charge on any atom is 0.354 e. The molecule has 0 saturated carbocycles. The normalized spacial score (nSPS) is 10.6. The molecule has 6 heteroatoms. The van der Waals surface area contributed by atoms with Crippen molar-refractivity contribution in [2.75, 3.05) is 26.1 Å². The van der Waals surface area contributed by atoms with Crippen molar-refractivity contribution in [2.24, 2.45) is 0 Å². The van der Waals surface area contributed by atoms with Crippen LogP contribution in [0.1, 0.15) is 6.92 Å². The maximum atomic E-state index is 11.7. The van der Waals surface area contributed by atoms with Crippen LogP contribution in [0.3, 0.4) is 0 Å². The molecule has 0 saturated heterocycles. The zero-order valence-corrected chi connectivity index (χ0v) is 12.8. The van der Waals surface area contributed by atoms with Crippen LogP contribution in [0.4, 0.5) is 5.69 Å². The first-order valence-electron chi connectivity index (χ1n) is 6.49. The van der Waals surface area contributed by atoms with Crippen LogP contribution in [0.25, 0.3) is 0 Å². The van der Waals surface area contributed by atoms with Gasteiger partial charge in [0.15, 0.2) is 0 Å². The fraction of sp³-hybridized carbons (Fsp3) is 0.250. The number of hydrogen-bond acceptors (Lipinski definition) is 6. The molecule has 0 aliphatic heterocycles. The van der Waals surface area contributed by atoms with Gasteiger partial charge in [-0.2, -0.15) is 0 Å². The first-order valence-corrected chi connectivity index (χ1v) is 6.49. The standard InChI is InChI=1S/C16H19NO5/c1-11(2)10-22-14-8-6-5-7-12(14)17-13(16(19)21-4)9-15(18)20-3/h5-9,17H,1,10H2,2-4H3/b13-9+. The van der Waals surface area contributed by atoms with E-state index in [1.807, 2.05) is 6.92 Å². The fourth-order valence-electron chi connectivity index (χ4n) is 1.47. The molecule has 0 aromatic heterocycles. The molecule has 0 fully saturated rings. The summed E-state index contributed by atoms with van der Waals surface area (Å²) in [7, 11) is 2.44. The molecule has 1 aromatic carbocycles. The first kappa shape index (κ1) is 17.3. The summed E-state index contributed by atoms with van der Waals surface area (Å²) in [6.07, 6.45) is 1.02. The monoisotopic (exact) mass is 305 g/mol. The van der Waals surface area contributed by atoms with Crippen molar-refractivity contribution in [1.29, 1.82) is 0 Å². The number of rotatable bonds is 7. The zero-order valence-electron chi connectivity index (χ0n) is 12.8. The summed E-state index contributed by atoms with van der Waals surface area (Å²) in [6.45, 7) is 5.94. The minimum absolute atomic E-state index is 0.0549. The molecule has 0 aliphatic carbocycles. The average Bonchev–Trinajstić information content (AvgIpc) is 2.52. The predicted molar refractivity (Wildman–Crippen MR) is 82.5 cm³/mol. The van der Waals surface area contributed by atoms with Crippen LogP contribution in [0, 0.1) is 0 Å². The van der Waals surface area contributed by atoms with E-state index < -0.39 is 11.9 Å². The van der Waals surface area contributed by atoms with Gasteiger partial charge in [-0.15, -0.1) is 0 Å². The van der Waals surface area contributed by atoms with Gasteiger partial charge in [-0.25, -0.2) is 9.59 Å². The number of carbonyl (C=O) groups is 2. The van der Waals surface area contributed by atoms with Crippen LogP contribution in [0.5, 0.6) is 5.75 Å². The fourth-order valence-corrected chi connectivity index (χ4v) is 1.47. The highest BCUT2D eigenvalue weighted by atomic mass is 16.5. The molecule has 118 valence electrons. The highest BCUT2D eigenvalue weighted by Crippen LogP contribution is 2.25. The summed E-state index contributed by atoms with van der Waals surface area (Å²) in [5.74, 6) is -0.849. The van der Waals surface area contributed by atoms with E-state index in [0.29, 0.717) is 18.0 Å². The third-order valence-corrected chi connectivity index (χ3v) is 2.50. The second-order valence-corrected chi connectivity index (χ2v) is 4.44. The third-order valence-electron chi connectivity index (χ3n) is 2.50. The van der Waals surface area contributed by atoms with E-state index in [0.717, 1.165) is 11.6 Å². The van der Waals surface area contributed by atoms with E-state index in [1.165, 1.54) is 14.2 Å². The van der Waals surface area contributed by atoms with E-state index in [-0.39, 0.29) is 5.70 Å². The lowest BCUT2D eigenvalue weighted by Crippen LogP contribution is -2.16. The lowest BCUT2D eigenvalue weighted by Gasteiger charge is -2.14. The molecule has 22 heavy (non-hydrogen) atoms. The number of anilines is 1. The van der Waals surface area contributed by atoms with Crippen molar-refractivity contribution >= 4 is 17.6 Å². The van der Waals surface area contributed by atoms with Gasteiger partial charge < -0.3 is 19.5 Å². The van der Waals surface area contributed by atoms with E-state index in [1.54, 1.807) is 24.3 Å². The summed E-state index contributed by atoms with van der Waals surface area (Å²) in [5, 5.41) is 2.82. The second kappa shape index (κ2) is 8.51. The van der Waals surface area contributed by atoms with Crippen molar-refractivity contribution in [1.82, 2.24) is 0 Å². The molecule has 0 unspecified atom stereocenters. The molecule has 1 N–H and O–H groups in total. The molecule has 0 atom stereocenters. The summed E-state index contributed by atoms with van der Waals surface area (Å²) < 4.78 is 14.7. The van der Waals surface area contributed by atoms with Gasteiger partial charge in [0, 0.05) is 0 Å². The van der Waals surface area contributed by atoms with Crippen LogP contribution in [-0.2, 0) is 19.1 Å². The first-order chi connectivity index (χ1) is 10.5. The number of methoxy groups -OCH3 is 2. The van der Waals surface area contributed by atoms with Gasteiger partial charge in [-0.05, 0) is 24.6 Å². The topological polar surface area (TPSA) is 73.9 Å². The Morgan fingerprint density at radius 1 is 1.23 bits per heavy atom.